The predicted molar refractivity (Wildman–Crippen MR) is 119 cm³/mol. The standard InChI is InChI=1S/C25H18N2O3/c1-13-7-14(2)23-22(8-13)26-12-19(24(23)28)21-11-18(25(29)30)17-9-15-5-3-4-6-16(15)10-20(17)27-21/h3-12H,1-2H3,(H,26,28)(H,29,30). The number of nitrogens with one attached hydrogen (secondary N) is 1. The van der Waals surface area contributed by atoms with Crippen LogP contribution in [0.5, 0.6) is 0 Å². The van der Waals surface area contributed by atoms with Crippen LogP contribution < -0.4 is 5.43 Å². The first-order valence-corrected chi connectivity index (χ1v) is 9.62. The summed E-state index contributed by atoms with van der Waals surface area (Å²) in [4.78, 5) is 33.1. The molecular formula is C25H18N2O3. The van der Waals surface area contributed by atoms with Crippen LogP contribution in [0.4, 0.5) is 0 Å². The van der Waals surface area contributed by atoms with Crippen molar-refractivity contribution in [1.29, 1.82) is 0 Å². The number of nitrogens with zero attached hydrogens (tertiary/aromatic N) is 1. The number of hydrogen-bond donors (Lipinski definition) is 2. The average Bonchev–Trinajstić information content (AvgIpc) is 2.71. The van der Waals surface area contributed by atoms with E-state index >= 15 is 0 Å². The number of aromatic nitrogens is 2. The Balaban J connectivity index is 1.85. The Morgan fingerprint density at radius 1 is 1.00 bits per heavy atom. The van der Waals surface area contributed by atoms with Crippen LogP contribution in [0.2, 0.25) is 0 Å². The van der Waals surface area contributed by atoms with Crippen molar-refractivity contribution in [2.24, 2.45) is 0 Å². The second-order valence-corrected chi connectivity index (χ2v) is 7.61. The molecule has 0 aliphatic carbocycles. The monoisotopic (exact) mass is 394 g/mol. The van der Waals surface area contributed by atoms with Crippen LogP contribution in [-0.4, -0.2) is 21.0 Å². The third-order valence-corrected chi connectivity index (χ3v) is 5.51. The lowest BCUT2D eigenvalue weighted by atomic mass is 9.99. The highest BCUT2D eigenvalue weighted by Gasteiger charge is 2.17. The lowest BCUT2D eigenvalue weighted by molar-refractivity contribution is 0.0699. The van der Waals surface area contributed by atoms with Crippen LogP contribution >= 0.6 is 0 Å². The molecule has 5 rings (SSSR count). The molecule has 0 atom stereocenters. The number of benzene rings is 3. The van der Waals surface area contributed by atoms with Crippen molar-refractivity contribution in [1.82, 2.24) is 9.97 Å². The fraction of sp³-hybridized carbons (Fsp3) is 0.0800. The van der Waals surface area contributed by atoms with Crippen molar-refractivity contribution in [3.8, 4) is 11.3 Å². The summed E-state index contributed by atoms with van der Waals surface area (Å²) in [6, 6.07) is 16.8. The molecule has 0 saturated heterocycles. The molecule has 0 radical (unpaired) electrons. The highest BCUT2D eigenvalue weighted by atomic mass is 16.4. The van der Waals surface area contributed by atoms with Gasteiger partial charge in [0.2, 0.25) is 0 Å². The Morgan fingerprint density at radius 2 is 1.73 bits per heavy atom. The Kier molecular flexibility index (Phi) is 3.93. The molecule has 0 aliphatic rings. The van der Waals surface area contributed by atoms with E-state index in [4.69, 9.17) is 0 Å². The summed E-state index contributed by atoms with van der Waals surface area (Å²) < 4.78 is 0. The molecule has 30 heavy (non-hydrogen) atoms. The molecule has 0 amide bonds. The smallest absolute Gasteiger partial charge is 0.336 e. The SMILES string of the molecule is Cc1cc(C)c2c(=O)c(-c3cc(C(=O)O)c4cc5ccccc5cc4n3)c[nH]c2c1. The highest BCUT2D eigenvalue weighted by Crippen LogP contribution is 2.28. The van der Waals surface area contributed by atoms with Crippen LogP contribution in [0.1, 0.15) is 21.5 Å². The van der Waals surface area contributed by atoms with Gasteiger partial charge in [0.15, 0.2) is 5.43 Å². The van der Waals surface area contributed by atoms with E-state index in [0.29, 0.717) is 27.5 Å². The zero-order valence-electron chi connectivity index (χ0n) is 16.5. The van der Waals surface area contributed by atoms with Gasteiger partial charge in [0.05, 0.1) is 22.3 Å². The predicted octanol–water partition coefficient (Wildman–Crippen LogP) is 5.21. The molecule has 5 heteroatoms. The molecule has 2 aromatic heterocycles. The highest BCUT2D eigenvalue weighted by molar-refractivity contribution is 6.08. The molecule has 0 spiro atoms. The molecule has 0 fully saturated rings. The number of fused-ring (bicyclic) bond motifs is 3. The molecule has 0 saturated carbocycles. The molecule has 146 valence electrons. The van der Waals surface area contributed by atoms with Crippen molar-refractivity contribution < 1.29 is 9.90 Å². The number of aryl methyl sites for hydroxylation is 2. The number of aromatic carboxylic acids is 1. The summed E-state index contributed by atoms with van der Waals surface area (Å²) in [5.41, 5.74) is 3.90. The quantitative estimate of drug-likeness (QED) is 0.403. The third kappa shape index (κ3) is 2.75. The topological polar surface area (TPSA) is 83.1 Å². The molecule has 2 N–H and O–H groups in total. The second-order valence-electron chi connectivity index (χ2n) is 7.61. The number of H-pyrrole nitrogens is 1. The molecular weight excluding hydrogens is 376 g/mol. The van der Waals surface area contributed by atoms with Crippen LogP contribution in [0, 0.1) is 13.8 Å². The molecule has 2 heterocycles. The van der Waals surface area contributed by atoms with Gasteiger partial charge in [-0.25, -0.2) is 9.78 Å². The summed E-state index contributed by atoms with van der Waals surface area (Å²) in [6.45, 7) is 3.88. The van der Waals surface area contributed by atoms with Gasteiger partial charge in [-0.05, 0) is 60.0 Å². The van der Waals surface area contributed by atoms with Gasteiger partial charge in [0.1, 0.15) is 0 Å². The fourth-order valence-corrected chi connectivity index (χ4v) is 4.15. The Labute approximate surface area is 171 Å². The second kappa shape index (κ2) is 6.52. The van der Waals surface area contributed by atoms with Crippen molar-refractivity contribution in [2.75, 3.05) is 0 Å². The summed E-state index contributed by atoms with van der Waals surface area (Å²) >= 11 is 0. The summed E-state index contributed by atoms with van der Waals surface area (Å²) in [5.74, 6) is -1.05. The fourth-order valence-electron chi connectivity index (χ4n) is 4.15. The number of carboxylic acids is 1. The number of pyridine rings is 2. The summed E-state index contributed by atoms with van der Waals surface area (Å²) in [7, 11) is 0. The average molecular weight is 394 g/mol. The van der Waals surface area contributed by atoms with Crippen molar-refractivity contribution in [3.05, 3.63) is 87.7 Å². The van der Waals surface area contributed by atoms with E-state index in [0.717, 1.165) is 27.4 Å². The molecule has 5 aromatic rings. The van der Waals surface area contributed by atoms with E-state index in [2.05, 4.69) is 9.97 Å². The molecule has 0 unspecified atom stereocenters. The summed E-state index contributed by atoms with van der Waals surface area (Å²) in [5, 5.41) is 12.9. The Morgan fingerprint density at radius 3 is 2.47 bits per heavy atom. The first-order valence-electron chi connectivity index (χ1n) is 9.62. The van der Waals surface area contributed by atoms with E-state index in [9.17, 15) is 14.7 Å². The molecule has 5 nitrogen and oxygen atoms in total. The Hall–Kier alpha value is -3.99. The normalized spacial score (nSPS) is 11.4. The van der Waals surface area contributed by atoms with E-state index in [1.54, 1.807) is 6.20 Å². The number of aromatic amines is 1. The zero-order chi connectivity index (χ0) is 21.0. The van der Waals surface area contributed by atoms with Crippen molar-refractivity contribution in [2.45, 2.75) is 13.8 Å². The van der Waals surface area contributed by atoms with Crippen molar-refractivity contribution >= 4 is 38.5 Å². The first kappa shape index (κ1) is 18.1. The lowest BCUT2D eigenvalue weighted by Crippen LogP contribution is -2.10. The van der Waals surface area contributed by atoms with Crippen LogP contribution in [0.25, 0.3) is 43.8 Å². The molecule has 0 aliphatic heterocycles. The first-order chi connectivity index (χ1) is 14.4. The van der Waals surface area contributed by atoms with Gasteiger partial charge in [-0.3, -0.25) is 4.79 Å². The van der Waals surface area contributed by atoms with Gasteiger partial charge < -0.3 is 10.1 Å². The van der Waals surface area contributed by atoms with E-state index < -0.39 is 5.97 Å². The van der Waals surface area contributed by atoms with Crippen LogP contribution in [0.15, 0.2) is 65.6 Å². The van der Waals surface area contributed by atoms with E-state index in [-0.39, 0.29) is 11.0 Å². The van der Waals surface area contributed by atoms with E-state index in [1.807, 2.05) is 62.4 Å². The van der Waals surface area contributed by atoms with Gasteiger partial charge in [0, 0.05) is 22.5 Å². The maximum absolute atomic E-state index is 13.3. The maximum atomic E-state index is 13.3. The van der Waals surface area contributed by atoms with Gasteiger partial charge in [-0.15, -0.1) is 0 Å². The minimum absolute atomic E-state index is 0.126. The lowest BCUT2D eigenvalue weighted by Gasteiger charge is -2.10. The largest absolute Gasteiger partial charge is 0.478 e. The van der Waals surface area contributed by atoms with E-state index in [1.165, 1.54) is 6.07 Å². The number of carbonyl (C=O) groups is 1. The van der Waals surface area contributed by atoms with Gasteiger partial charge in [-0.2, -0.15) is 0 Å². The van der Waals surface area contributed by atoms with Gasteiger partial charge in [-0.1, -0.05) is 30.3 Å². The zero-order valence-corrected chi connectivity index (χ0v) is 16.5. The summed E-state index contributed by atoms with van der Waals surface area (Å²) in [6.07, 6.45) is 1.62. The molecule has 0 bridgehead atoms. The minimum Gasteiger partial charge on any atom is -0.478 e. The Bertz CT molecular complexity index is 1560. The minimum atomic E-state index is -1.05. The van der Waals surface area contributed by atoms with Crippen LogP contribution in [0.3, 0.4) is 0 Å². The van der Waals surface area contributed by atoms with Crippen molar-refractivity contribution in [3.63, 3.8) is 0 Å². The van der Waals surface area contributed by atoms with Gasteiger partial charge >= 0.3 is 5.97 Å². The maximum Gasteiger partial charge on any atom is 0.336 e. The van der Waals surface area contributed by atoms with Gasteiger partial charge in [0.25, 0.3) is 0 Å². The van der Waals surface area contributed by atoms with Crippen LogP contribution in [-0.2, 0) is 0 Å². The number of rotatable bonds is 2. The third-order valence-electron chi connectivity index (χ3n) is 5.51. The number of hydrogen-bond acceptors (Lipinski definition) is 3. The number of carboxylic acid groups (broad SMARTS) is 1. The molecule has 3 aromatic carbocycles.